The highest BCUT2D eigenvalue weighted by Crippen LogP contribution is 2.39. The van der Waals surface area contributed by atoms with E-state index in [9.17, 15) is 19.5 Å². The molecule has 0 spiro atoms. The molecule has 4 atom stereocenters. The van der Waals surface area contributed by atoms with E-state index in [4.69, 9.17) is 14.5 Å². The molecule has 1 saturated carbocycles. The number of amides is 2. The minimum Gasteiger partial charge on any atom is -0.497 e. The first kappa shape index (κ1) is 29.1. The topological polar surface area (TPSA) is 127 Å². The minimum absolute atomic E-state index is 0.201. The highest BCUT2D eigenvalue weighted by molar-refractivity contribution is 5.91. The van der Waals surface area contributed by atoms with Crippen molar-refractivity contribution < 1.29 is 29.0 Å². The molecule has 2 heterocycles. The second-order valence-electron chi connectivity index (χ2n) is 10.9. The summed E-state index contributed by atoms with van der Waals surface area (Å²) >= 11 is 0. The molecule has 2 aliphatic rings. The maximum Gasteiger partial charge on any atom is 0.326 e. The number of nitrogens with zero attached hydrogens (tertiary/aromatic N) is 1. The van der Waals surface area contributed by atoms with Gasteiger partial charge in [0.2, 0.25) is 11.8 Å². The van der Waals surface area contributed by atoms with Gasteiger partial charge >= 0.3 is 5.97 Å². The number of hydrogen-bond donors (Lipinski definition) is 3. The fourth-order valence-electron chi connectivity index (χ4n) is 5.77. The Hall–Kier alpha value is -4.40. The van der Waals surface area contributed by atoms with Crippen LogP contribution in [0, 0.1) is 11.8 Å². The van der Waals surface area contributed by atoms with Crippen LogP contribution in [-0.4, -0.2) is 53.7 Å². The Morgan fingerprint density at radius 2 is 1.71 bits per heavy atom. The standard InChI is InChI=1S/C33H37N3O6/c1-41-22-14-15-24-29(19-22)35-28(21-11-7-6-8-12-21)20-30(24)42-23-17-25-26(18-23)32(38)36-27(33(39)40)13-9-4-2-3-5-10-16-34-31(25)37/h2,4,6-8,11-12,14-15,19-20,23,25-27H,3,5,9-10,13,16-18H2,1H3,(H,34,37)(H,36,38)(H,39,40). The van der Waals surface area contributed by atoms with Crippen molar-refractivity contribution in [2.24, 2.45) is 11.8 Å². The number of aliphatic carboxylic acids is 1. The number of carbonyl (C=O) groups excluding carboxylic acids is 2. The van der Waals surface area contributed by atoms with Gasteiger partial charge in [-0.25, -0.2) is 9.78 Å². The third kappa shape index (κ3) is 6.90. The molecule has 0 radical (unpaired) electrons. The average Bonchev–Trinajstić information content (AvgIpc) is 3.43. The number of carbonyl (C=O) groups is 3. The smallest absolute Gasteiger partial charge is 0.326 e. The summed E-state index contributed by atoms with van der Waals surface area (Å²) in [5, 5.41) is 16.2. The number of benzene rings is 2. The minimum atomic E-state index is -1.08. The zero-order valence-electron chi connectivity index (χ0n) is 23.8. The Balaban J connectivity index is 1.44. The van der Waals surface area contributed by atoms with Gasteiger partial charge in [-0.3, -0.25) is 9.59 Å². The summed E-state index contributed by atoms with van der Waals surface area (Å²) in [7, 11) is 1.60. The van der Waals surface area contributed by atoms with Gasteiger partial charge in [0, 0.05) is 29.6 Å². The Labute approximate surface area is 245 Å². The van der Waals surface area contributed by atoms with Crippen LogP contribution >= 0.6 is 0 Å². The van der Waals surface area contributed by atoms with E-state index >= 15 is 0 Å². The van der Waals surface area contributed by atoms with Crippen LogP contribution in [0.2, 0.25) is 0 Å². The lowest BCUT2D eigenvalue weighted by Crippen LogP contribution is -2.46. The number of methoxy groups -OCH3 is 1. The molecule has 0 bridgehead atoms. The number of aromatic nitrogens is 1. The second kappa shape index (κ2) is 13.5. The Morgan fingerprint density at radius 3 is 2.48 bits per heavy atom. The van der Waals surface area contributed by atoms with Crippen LogP contribution < -0.4 is 20.1 Å². The van der Waals surface area contributed by atoms with Gasteiger partial charge in [-0.1, -0.05) is 42.5 Å². The third-order valence-corrected chi connectivity index (χ3v) is 8.04. The van der Waals surface area contributed by atoms with Crippen molar-refractivity contribution >= 4 is 28.7 Å². The lowest BCUT2D eigenvalue weighted by Gasteiger charge is -2.21. The highest BCUT2D eigenvalue weighted by Gasteiger charge is 2.44. The van der Waals surface area contributed by atoms with Crippen molar-refractivity contribution in [1.82, 2.24) is 15.6 Å². The van der Waals surface area contributed by atoms with Crippen LogP contribution in [-0.2, 0) is 14.4 Å². The normalized spacial score (nSPS) is 23.6. The number of allylic oxidation sites excluding steroid dienone is 2. The molecule has 0 saturated heterocycles. The van der Waals surface area contributed by atoms with Gasteiger partial charge in [-0.15, -0.1) is 0 Å². The second-order valence-corrected chi connectivity index (χ2v) is 10.9. The van der Waals surface area contributed by atoms with Gasteiger partial charge in [0.25, 0.3) is 0 Å². The van der Waals surface area contributed by atoms with Crippen LogP contribution in [0.25, 0.3) is 22.2 Å². The summed E-state index contributed by atoms with van der Waals surface area (Å²) in [5.41, 5.74) is 2.36. The molecule has 220 valence electrons. The van der Waals surface area contributed by atoms with Crippen LogP contribution in [0.4, 0.5) is 0 Å². The molecular weight excluding hydrogens is 534 g/mol. The first-order chi connectivity index (χ1) is 20.4. The van der Waals surface area contributed by atoms with Crippen molar-refractivity contribution in [3.05, 3.63) is 66.7 Å². The fourth-order valence-corrected chi connectivity index (χ4v) is 5.77. The Morgan fingerprint density at radius 1 is 0.952 bits per heavy atom. The maximum absolute atomic E-state index is 13.5. The SMILES string of the molecule is COc1ccc2c(OC3CC4C(=O)NCCCCC=CCCC(C(=O)O)NC(=O)C4C3)cc(-c3ccccc3)nc2c1. The number of pyridine rings is 1. The number of hydrogen-bond acceptors (Lipinski definition) is 6. The van der Waals surface area contributed by atoms with E-state index in [-0.39, 0.29) is 18.7 Å². The number of ether oxygens (including phenoxy) is 2. The van der Waals surface area contributed by atoms with Gasteiger partial charge < -0.3 is 25.2 Å². The van der Waals surface area contributed by atoms with Crippen molar-refractivity contribution in [3.63, 3.8) is 0 Å². The summed E-state index contributed by atoms with van der Waals surface area (Å²) in [5.74, 6) is -1.78. The van der Waals surface area contributed by atoms with Gasteiger partial charge in [0.05, 0.1) is 30.2 Å². The molecule has 2 amide bonds. The number of fused-ring (bicyclic) bond motifs is 2. The Bertz CT molecular complexity index is 1460. The molecule has 1 fully saturated rings. The average molecular weight is 572 g/mol. The maximum atomic E-state index is 13.5. The van der Waals surface area contributed by atoms with E-state index in [0.717, 1.165) is 35.9 Å². The van der Waals surface area contributed by atoms with Crippen LogP contribution in [0.15, 0.2) is 66.7 Å². The third-order valence-electron chi connectivity index (χ3n) is 8.04. The molecule has 3 aromatic rings. The monoisotopic (exact) mass is 571 g/mol. The first-order valence-electron chi connectivity index (χ1n) is 14.6. The zero-order valence-corrected chi connectivity index (χ0v) is 23.8. The van der Waals surface area contributed by atoms with Crippen molar-refractivity contribution in [2.45, 2.75) is 57.1 Å². The summed E-state index contributed by atoms with van der Waals surface area (Å²) < 4.78 is 12.0. The summed E-state index contributed by atoms with van der Waals surface area (Å²) in [6.07, 6.45) is 7.62. The molecule has 1 aromatic heterocycles. The van der Waals surface area contributed by atoms with Gasteiger partial charge in [-0.05, 0) is 57.1 Å². The Kier molecular flexibility index (Phi) is 9.36. The molecule has 3 N–H and O–H groups in total. The van der Waals surface area contributed by atoms with Crippen molar-refractivity contribution in [1.29, 1.82) is 0 Å². The summed E-state index contributed by atoms with van der Waals surface area (Å²) in [6, 6.07) is 16.2. The predicted octanol–water partition coefficient (Wildman–Crippen LogP) is 4.89. The predicted molar refractivity (Wildman–Crippen MR) is 159 cm³/mol. The van der Waals surface area contributed by atoms with Crippen LogP contribution in [0.5, 0.6) is 11.5 Å². The fraction of sp³-hybridized carbons (Fsp3) is 0.394. The van der Waals surface area contributed by atoms with Crippen LogP contribution in [0.3, 0.4) is 0 Å². The van der Waals surface area contributed by atoms with Gasteiger partial charge in [0.1, 0.15) is 23.6 Å². The molecule has 9 heteroatoms. The molecule has 9 nitrogen and oxygen atoms in total. The lowest BCUT2D eigenvalue weighted by atomic mass is 9.93. The summed E-state index contributed by atoms with van der Waals surface area (Å²) in [6.45, 7) is 0.526. The zero-order chi connectivity index (χ0) is 29.5. The molecule has 1 aliphatic carbocycles. The van der Waals surface area contributed by atoms with Crippen molar-refractivity contribution in [2.75, 3.05) is 13.7 Å². The number of carboxylic acids is 1. The first-order valence-corrected chi connectivity index (χ1v) is 14.6. The van der Waals surface area contributed by atoms with E-state index in [0.29, 0.717) is 36.4 Å². The highest BCUT2D eigenvalue weighted by atomic mass is 16.5. The van der Waals surface area contributed by atoms with E-state index in [2.05, 4.69) is 10.6 Å². The lowest BCUT2D eigenvalue weighted by molar-refractivity contribution is -0.143. The largest absolute Gasteiger partial charge is 0.497 e. The number of nitrogens with one attached hydrogen (secondary N) is 2. The molecule has 2 aromatic carbocycles. The number of carboxylic acid groups (broad SMARTS) is 1. The molecule has 4 unspecified atom stereocenters. The van der Waals surface area contributed by atoms with E-state index in [1.165, 1.54) is 0 Å². The quantitative estimate of drug-likeness (QED) is 0.372. The molecular formula is C33H37N3O6. The molecule has 5 rings (SSSR count). The van der Waals surface area contributed by atoms with Crippen LogP contribution in [0.1, 0.15) is 44.9 Å². The summed E-state index contributed by atoms with van der Waals surface area (Å²) in [4.78, 5) is 43.5. The van der Waals surface area contributed by atoms with Gasteiger partial charge in [-0.2, -0.15) is 0 Å². The van der Waals surface area contributed by atoms with E-state index in [1.54, 1.807) is 7.11 Å². The molecule has 1 aliphatic heterocycles. The van der Waals surface area contributed by atoms with Crippen molar-refractivity contribution in [3.8, 4) is 22.8 Å². The number of rotatable bonds is 5. The molecule has 42 heavy (non-hydrogen) atoms. The van der Waals surface area contributed by atoms with Gasteiger partial charge in [0.15, 0.2) is 0 Å². The van der Waals surface area contributed by atoms with E-state index < -0.39 is 35.9 Å². The van der Waals surface area contributed by atoms with E-state index in [1.807, 2.05) is 66.7 Å².